The molecule has 0 saturated heterocycles. The lowest BCUT2D eigenvalue weighted by Gasteiger charge is -2.19. The first kappa shape index (κ1) is 18.1. The van der Waals surface area contributed by atoms with Crippen molar-refractivity contribution in [2.24, 2.45) is 0 Å². The zero-order valence-electron chi connectivity index (χ0n) is 14.0. The molecule has 1 N–H and O–H groups in total. The van der Waals surface area contributed by atoms with Crippen LogP contribution in [-0.2, 0) is 6.54 Å². The Morgan fingerprint density at radius 1 is 1.38 bits per heavy atom. The van der Waals surface area contributed by atoms with Crippen molar-refractivity contribution in [3.8, 4) is 0 Å². The molecule has 1 saturated carbocycles. The van der Waals surface area contributed by atoms with Crippen LogP contribution in [0.2, 0.25) is 5.02 Å². The maximum atomic E-state index is 13.9. The van der Waals surface area contributed by atoms with Gasteiger partial charge in [0, 0.05) is 41.9 Å². The van der Waals surface area contributed by atoms with E-state index >= 15 is 0 Å². The minimum atomic E-state index is -0.519. The molecule has 1 aliphatic carbocycles. The molecule has 0 aromatic heterocycles. The van der Waals surface area contributed by atoms with E-state index in [9.17, 15) is 19.3 Å². The first-order chi connectivity index (χ1) is 12.4. The number of nitrogens with zero attached hydrogens (tertiary/aromatic N) is 2. The number of nitro benzene ring substituents is 1. The van der Waals surface area contributed by atoms with E-state index in [4.69, 9.17) is 11.6 Å². The first-order valence-corrected chi connectivity index (χ1v) is 8.48. The number of nitro groups is 1. The van der Waals surface area contributed by atoms with Gasteiger partial charge < -0.3 is 10.2 Å². The highest BCUT2D eigenvalue weighted by atomic mass is 35.5. The van der Waals surface area contributed by atoms with E-state index in [2.05, 4.69) is 5.32 Å². The maximum absolute atomic E-state index is 13.9. The molecular weight excluding hydrogens is 361 g/mol. The second kappa shape index (κ2) is 7.29. The average molecular weight is 378 g/mol. The molecule has 0 atom stereocenters. The summed E-state index contributed by atoms with van der Waals surface area (Å²) < 4.78 is 13.9. The van der Waals surface area contributed by atoms with Crippen molar-refractivity contribution >= 4 is 28.9 Å². The van der Waals surface area contributed by atoms with E-state index in [0.29, 0.717) is 5.69 Å². The number of hydrogen-bond acceptors (Lipinski definition) is 4. The Labute approximate surface area is 154 Å². The van der Waals surface area contributed by atoms with Crippen LogP contribution in [-0.4, -0.2) is 28.8 Å². The van der Waals surface area contributed by atoms with Crippen molar-refractivity contribution in [2.75, 3.05) is 12.4 Å². The molecule has 0 spiro atoms. The largest absolute Gasteiger partial charge is 0.377 e. The van der Waals surface area contributed by atoms with Gasteiger partial charge in [-0.25, -0.2) is 4.39 Å². The molecule has 136 valence electrons. The minimum absolute atomic E-state index is 0.0415. The highest BCUT2D eigenvalue weighted by Gasteiger charge is 2.26. The molecule has 2 aromatic carbocycles. The van der Waals surface area contributed by atoms with Gasteiger partial charge in [0.2, 0.25) is 0 Å². The molecule has 26 heavy (non-hydrogen) atoms. The summed E-state index contributed by atoms with van der Waals surface area (Å²) in [5, 5.41) is 14.6. The van der Waals surface area contributed by atoms with Gasteiger partial charge in [-0.15, -0.1) is 0 Å². The van der Waals surface area contributed by atoms with E-state index in [-0.39, 0.29) is 34.4 Å². The third-order valence-electron chi connectivity index (χ3n) is 4.18. The third kappa shape index (κ3) is 3.94. The zero-order chi connectivity index (χ0) is 18.8. The van der Waals surface area contributed by atoms with Crippen LogP contribution in [0.25, 0.3) is 0 Å². The smallest absolute Gasteiger partial charge is 0.293 e. The van der Waals surface area contributed by atoms with Crippen LogP contribution >= 0.6 is 11.6 Å². The number of nitrogens with one attached hydrogen (secondary N) is 1. The van der Waals surface area contributed by atoms with E-state index < -0.39 is 16.6 Å². The Kier molecular flexibility index (Phi) is 5.08. The summed E-state index contributed by atoms with van der Waals surface area (Å²) >= 11 is 5.99. The molecular formula is C18H17ClFN3O3. The Morgan fingerprint density at radius 2 is 2.12 bits per heavy atom. The van der Waals surface area contributed by atoms with Crippen molar-refractivity contribution in [3.63, 3.8) is 0 Å². The quantitative estimate of drug-likeness (QED) is 0.603. The fourth-order valence-electron chi connectivity index (χ4n) is 2.60. The van der Waals surface area contributed by atoms with Gasteiger partial charge in [0.15, 0.2) is 0 Å². The lowest BCUT2D eigenvalue weighted by atomic mass is 10.1. The summed E-state index contributed by atoms with van der Waals surface area (Å²) in [5.74, 6) is -0.961. The fourth-order valence-corrected chi connectivity index (χ4v) is 2.82. The van der Waals surface area contributed by atoms with Crippen LogP contribution in [0, 0.1) is 15.9 Å². The molecule has 2 aromatic rings. The number of carbonyl (C=O) groups excluding carboxylic acids is 1. The Hall–Kier alpha value is -2.67. The Balaban J connectivity index is 1.82. The molecule has 1 fully saturated rings. The normalized spacial score (nSPS) is 13.3. The van der Waals surface area contributed by atoms with Crippen LogP contribution in [0.5, 0.6) is 0 Å². The molecule has 0 heterocycles. The first-order valence-electron chi connectivity index (χ1n) is 8.10. The van der Waals surface area contributed by atoms with Gasteiger partial charge in [-0.1, -0.05) is 17.7 Å². The predicted molar refractivity (Wildman–Crippen MR) is 96.9 cm³/mol. The van der Waals surface area contributed by atoms with Crippen LogP contribution in [0.15, 0.2) is 36.4 Å². The van der Waals surface area contributed by atoms with Gasteiger partial charge in [0.1, 0.15) is 11.5 Å². The zero-order valence-corrected chi connectivity index (χ0v) is 14.8. The standard InChI is InChI=1S/C18H17ClFN3O3/c1-22(10-13-14(19)3-2-4-15(13)20)18(24)11-5-8-16(21-12-6-7-12)17(9-11)23(25)26/h2-5,8-9,12,21H,6-7,10H2,1H3. The molecule has 8 heteroatoms. The van der Waals surface area contributed by atoms with Crippen molar-refractivity contribution in [3.05, 3.63) is 68.5 Å². The van der Waals surface area contributed by atoms with Gasteiger partial charge in [0.05, 0.1) is 4.92 Å². The van der Waals surface area contributed by atoms with E-state index in [0.717, 1.165) is 12.8 Å². The van der Waals surface area contributed by atoms with Crippen molar-refractivity contribution in [1.82, 2.24) is 4.90 Å². The Bertz CT molecular complexity index is 851. The number of halogens is 2. The highest BCUT2D eigenvalue weighted by Crippen LogP contribution is 2.32. The van der Waals surface area contributed by atoms with Gasteiger partial charge in [-0.3, -0.25) is 14.9 Å². The molecule has 0 unspecified atom stereocenters. The summed E-state index contributed by atoms with van der Waals surface area (Å²) in [6, 6.07) is 8.85. The highest BCUT2D eigenvalue weighted by molar-refractivity contribution is 6.31. The molecule has 1 amide bonds. The van der Waals surface area contributed by atoms with Crippen molar-refractivity contribution in [2.45, 2.75) is 25.4 Å². The second-order valence-corrected chi connectivity index (χ2v) is 6.68. The van der Waals surface area contributed by atoms with Crippen molar-refractivity contribution < 1.29 is 14.1 Å². The van der Waals surface area contributed by atoms with Gasteiger partial charge >= 0.3 is 0 Å². The molecule has 0 radical (unpaired) electrons. The number of carbonyl (C=O) groups is 1. The third-order valence-corrected chi connectivity index (χ3v) is 4.54. The number of benzene rings is 2. The number of hydrogen-bond donors (Lipinski definition) is 1. The minimum Gasteiger partial charge on any atom is -0.377 e. The van der Waals surface area contributed by atoms with E-state index in [1.807, 2.05) is 0 Å². The summed E-state index contributed by atoms with van der Waals surface area (Å²) in [5.41, 5.74) is 0.605. The molecule has 0 aliphatic heterocycles. The number of anilines is 1. The van der Waals surface area contributed by atoms with Gasteiger partial charge in [-0.2, -0.15) is 0 Å². The molecule has 3 rings (SSSR count). The Morgan fingerprint density at radius 3 is 2.73 bits per heavy atom. The number of amides is 1. The van der Waals surface area contributed by atoms with E-state index in [1.165, 1.54) is 42.3 Å². The van der Waals surface area contributed by atoms with Gasteiger partial charge in [-0.05, 0) is 37.1 Å². The predicted octanol–water partition coefficient (Wildman–Crippen LogP) is 4.23. The lowest BCUT2D eigenvalue weighted by molar-refractivity contribution is -0.384. The second-order valence-electron chi connectivity index (χ2n) is 6.27. The molecule has 0 bridgehead atoms. The SMILES string of the molecule is CN(Cc1c(F)cccc1Cl)C(=O)c1ccc(NC2CC2)c([N+](=O)[O-])c1. The molecule has 6 nitrogen and oxygen atoms in total. The topological polar surface area (TPSA) is 75.5 Å². The number of rotatable bonds is 6. The fraction of sp³-hybridized carbons (Fsp3) is 0.278. The average Bonchev–Trinajstić information content (AvgIpc) is 3.41. The van der Waals surface area contributed by atoms with Crippen LogP contribution < -0.4 is 5.32 Å². The lowest BCUT2D eigenvalue weighted by Crippen LogP contribution is -2.27. The van der Waals surface area contributed by atoms with Gasteiger partial charge in [0.25, 0.3) is 11.6 Å². The van der Waals surface area contributed by atoms with E-state index in [1.54, 1.807) is 6.07 Å². The summed E-state index contributed by atoms with van der Waals surface area (Å²) in [6.45, 7) is -0.0415. The summed E-state index contributed by atoms with van der Waals surface area (Å²) in [7, 11) is 1.49. The van der Waals surface area contributed by atoms with Crippen LogP contribution in [0.4, 0.5) is 15.8 Å². The van der Waals surface area contributed by atoms with Crippen LogP contribution in [0.3, 0.4) is 0 Å². The van der Waals surface area contributed by atoms with Crippen LogP contribution in [0.1, 0.15) is 28.8 Å². The monoisotopic (exact) mass is 377 g/mol. The maximum Gasteiger partial charge on any atom is 0.293 e. The molecule has 1 aliphatic rings. The summed E-state index contributed by atoms with van der Waals surface area (Å²) in [6.07, 6.45) is 1.95. The van der Waals surface area contributed by atoms with Crippen molar-refractivity contribution in [1.29, 1.82) is 0 Å². The summed E-state index contributed by atoms with van der Waals surface area (Å²) in [4.78, 5) is 24.7.